The Labute approximate surface area is 96.5 Å². The molecule has 3 nitrogen and oxygen atoms in total. The molecule has 0 fully saturated rings. The zero-order valence-corrected chi connectivity index (χ0v) is 9.78. The minimum Gasteiger partial charge on any atom is -0.371 e. The normalized spacial score (nSPS) is 14.0. The molecule has 0 aromatic heterocycles. The van der Waals surface area contributed by atoms with Crippen LogP contribution in [0, 0.1) is 11.3 Å². The fourth-order valence-corrected chi connectivity index (χ4v) is 1.56. The molecule has 0 aliphatic carbocycles. The van der Waals surface area contributed by atoms with Crippen LogP contribution in [0.5, 0.6) is 0 Å². The van der Waals surface area contributed by atoms with E-state index in [0.29, 0.717) is 5.56 Å². The molecular formula is C11H10BrNO2. The molecular weight excluding hydrogens is 258 g/mol. The average Bonchev–Trinajstić information content (AvgIpc) is 2.17. The van der Waals surface area contributed by atoms with E-state index in [1.54, 1.807) is 30.3 Å². The van der Waals surface area contributed by atoms with Crippen molar-refractivity contribution in [1.29, 1.82) is 5.26 Å². The molecule has 1 rings (SSSR count). The number of nitrogens with zero attached hydrogens (tertiary/aromatic N) is 1. The van der Waals surface area contributed by atoms with Gasteiger partial charge in [0.05, 0.1) is 6.42 Å². The molecule has 78 valence electrons. The summed E-state index contributed by atoms with van der Waals surface area (Å²) in [7, 11) is 0. The highest BCUT2D eigenvalue weighted by Gasteiger charge is 2.30. The van der Waals surface area contributed by atoms with Crippen LogP contribution in [0.3, 0.4) is 0 Å². The van der Waals surface area contributed by atoms with Crippen molar-refractivity contribution in [1.82, 2.24) is 0 Å². The molecule has 1 N–H and O–H groups in total. The lowest BCUT2D eigenvalue weighted by molar-refractivity contribution is -0.120. The Hall–Kier alpha value is -1.18. The van der Waals surface area contributed by atoms with Crippen molar-refractivity contribution in [2.24, 2.45) is 0 Å². The second-order valence-corrected chi connectivity index (χ2v) is 4.27. The van der Waals surface area contributed by atoms with Crippen LogP contribution in [0.2, 0.25) is 0 Å². The van der Waals surface area contributed by atoms with Gasteiger partial charge in [-0.3, -0.25) is 4.79 Å². The number of halogens is 1. The smallest absolute Gasteiger partial charge is 0.183 e. The van der Waals surface area contributed by atoms with Crippen LogP contribution in [0.25, 0.3) is 0 Å². The number of aliphatic hydroxyl groups is 1. The molecule has 1 unspecified atom stereocenters. The van der Waals surface area contributed by atoms with Gasteiger partial charge in [-0.05, 0) is 24.6 Å². The topological polar surface area (TPSA) is 61.1 Å². The van der Waals surface area contributed by atoms with Gasteiger partial charge in [-0.1, -0.05) is 28.1 Å². The summed E-state index contributed by atoms with van der Waals surface area (Å²) in [5.41, 5.74) is -1.28. The van der Waals surface area contributed by atoms with E-state index in [0.717, 1.165) is 4.47 Å². The van der Waals surface area contributed by atoms with Crippen molar-refractivity contribution in [3.8, 4) is 6.07 Å². The van der Waals surface area contributed by atoms with Crippen LogP contribution >= 0.6 is 15.9 Å². The van der Waals surface area contributed by atoms with Crippen molar-refractivity contribution >= 4 is 21.7 Å². The maximum Gasteiger partial charge on any atom is 0.183 e. The number of benzene rings is 1. The van der Waals surface area contributed by atoms with Gasteiger partial charge < -0.3 is 5.11 Å². The molecule has 0 bridgehead atoms. The van der Waals surface area contributed by atoms with Crippen LogP contribution in [0.15, 0.2) is 28.7 Å². The molecule has 0 heterocycles. The van der Waals surface area contributed by atoms with Gasteiger partial charge in [-0.2, -0.15) is 5.26 Å². The zero-order valence-electron chi connectivity index (χ0n) is 8.20. The fraction of sp³-hybridized carbons (Fsp3) is 0.273. The molecule has 1 aromatic carbocycles. The minimum absolute atomic E-state index is 0.189. The Bertz CT molecular complexity index is 408. The first-order valence-electron chi connectivity index (χ1n) is 4.37. The summed E-state index contributed by atoms with van der Waals surface area (Å²) in [5.74, 6) is -0.220. The molecule has 4 heteroatoms. The van der Waals surface area contributed by atoms with Crippen LogP contribution in [0.4, 0.5) is 0 Å². The van der Waals surface area contributed by atoms with E-state index in [2.05, 4.69) is 15.9 Å². The summed E-state index contributed by atoms with van der Waals surface area (Å²) in [5, 5.41) is 18.8. The summed E-state index contributed by atoms with van der Waals surface area (Å²) >= 11 is 3.25. The van der Waals surface area contributed by atoms with Gasteiger partial charge in [-0.25, -0.2) is 0 Å². The number of nitriles is 1. The maximum absolute atomic E-state index is 10.9. The Morgan fingerprint density at radius 3 is 2.47 bits per heavy atom. The van der Waals surface area contributed by atoms with E-state index in [1.165, 1.54) is 6.92 Å². The lowest BCUT2D eigenvalue weighted by Crippen LogP contribution is -2.26. The van der Waals surface area contributed by atoms with Gasteiger partial charge in [0.2, 0.25) is 0 Å². The van der Waals surface area contributed by atoms with E-state index in [1.807, 2.05) is 0 Å². The lowest BCUT2D eigenvalue weighted by Gasteiger charge is -2.18. The molecule has 1 atom stereocenters. The highest BCUT2D eigenvalue weighted by molar-refractivity contribution is 9.10. The quantitative estimate of drug-likeness (QED) is 0.854. The van der Waals surface area contributed by atoms with Crippen LogP contribution in [0.1, 0.15) is 18.9 Å². The first kappa shape index (κ1) is 11.9. The van der Waals surface area contributed by atoms with E-state index in [9.17, 15) is 9.90 Å². The highest BCUT2D eigenvalue weighted by Crippen LogP contribution is 2.25. The van der Waals surface area contributed by atoms with Crippen LogP contribution < -0.4 is 0 Å². The first-order valence-corrected chi connectivity index (χ1v) is 5.16. The Morgan fingerprint density at radius 1 is 1.53 bits per heavy atom. The number of Topliss-reactive ketones (excluding diaryl/α,β-unsaturated/α-hetero) is 1. The molecule has 0 radical (unpaired) electrons. The number of carbonyl (C=O) groups excluding carboxylic acids is 1. The van der Waals surface area contributed by atoms with Gasteiger partial charge >= 0.3 is 0 Å². The summed E-state index contributed by atoms with van der Waals surface area (Å²) in [4.78, 5) is 10.9. The first-order chi connectivity index (χ1) is 6.98. The predicted octanol–water partition coefficient (Wildman–Crippen LogP) is 2.14. The summed E-state index contributed by atoms with van der Waals surface area (Å²) in [6.07, 6.45) is -0.189. The zero-order chi connectivity index (χ0) is 11.5. The Balaban J connectivity index is 3.07. The molecule has 15 heavy (non-hydrogen) atoms. The number of hydrogen-bond acceptors (Lipinski definition) is 3. The molecule has 1 aromatic rings. The SMILES string of the molecule is CC(=O)CC(O)(C#N)c1ccc(Br)cc1. The molecule has 0 aliphatic rings. The molecule has 0 aliphatic heterocycles. The second-order valence-electron chi connectivity index (χ2n) is 3.36. The predicted molar refractivity (Wildman–Crippen MR) is 58.9 cm³/mol. The third-order valence-electron chi connectivity index (χ3n) is 2.01. The Kier molecular flexibility index (Phi) is 3.61. The van der Waals surface area contributed by atoms with Gasteiger partial charge in [-0.15, -0.1) is 0 Å². The minimum atomic E-state index is -1.72. The number of ketones is 1. The standard InChI is InChI=1S/C11H10BrNO2/c1-8(14)6-11(15,7-13)9-2-4-10(12)5-3-9/h2-5,15H,6H2,1H3. The number of hydrogen-bond donors (Lipinski definition) is 1. The van der Waals surface area contributed by atoms with Gasteiger partial charge in [0.15, 0.2) is 5.60 Å². The van der Waals surface area contributed by atoms with E-state index in [-0.39, 0.29) is 12.2 Å². The van der Waals surface area contributed by atoms with E-state index in [4.69, 9.17) is 5.26 Å². The summed E-state index contributed by atoms with van der Waals surface area (Å²) < 4.78 is 0.856. The molecule has 0 saturated carbocycles. The van der Waals surface area contributed by atoms with E-state index < -0.39 is 5.60 Å². The molecule has 0 amide bonds. The third-order valence-corrected chi connectivity index (χ3v) is 2.54. The summed E-state index contributed by atoms with van der Waals surface area (Å²) in [6.45, 7) is 1.35. The third kappa shape index (κ3) is 2.88. The van der Waals surface area contributed by atoms with Crippen molar-refractivity contribution in [2.45, 2.75) is 18.9 Å². The van der Waals surface area contributed by atoms with Gasteiger partial charge in [0, 0.05) is 4.47 Å². The van der Waals surface area contributed by atoms with Crippen molar-refractivity contribution < 1.29 is 9.90 Å². The largest absolute Gasteiger partial charge is 0.371 e. The highest BCUT2D eigenvalue weighted by atomic mass is 79.9. The fourth-order valence-electron chi connectivity index (χ4n) is 1.29. The van der Waals surface area contributed by atoms with Crippen LogP contribution in [-0.2, 0) is 10.4 Å². The average molecular weight is 268 g/mol. The lowest BCUT2D eigenvalue weighted by atomic mass is 9.90. The van der Waals surface area contributed by atoms with Crippen molar-refractivity contribution in [3.05, 3.63) is 34.3 Å². The monoisotopic (exact) mass is 267 g/mol. The number of carbonyl (C=O) groups is 1. The summed E-state index contributed by atoms with van der Waals surface area (Å²) in [6, 6.07) is 8.45. The number of rotatable bonds is 3. The van der Waals surface area contributed by atoms with Gasteiger partial charge in [0.1, 0.15) is 11.9 Å². The second kappa shape index (κ2) is 4.56. The molecule has 0 spiro atoms. The van der Waals surface area contributed by atoms with Crippen molar-refractivity contribution in [2.75, 3.05) is 0 Å². The van der Waals surface area contributed by atoms with Crippen molar-refractivity contribution in [3.63, 3.8) is 0 Å². The maximum atomic E-state index is 10.9. The van der Waals surface area contributed by atoms with E-state index >= 15 is 0 Å². The Morgan fingerprint density at radius 2 is 2.07 bits per heavy atom. The van der Waals surface area contributed by atoms with Gasteiger partial charge in [0.25, 0.3) is 0 Å². The molecule has 0 saturated heterocycles. The van der Waals surface area contributed by atoms with Crippen LogP contribution in [-0.4, -0.2) is 10.9 Å².